The molecule has 0 radical (unpaired) electrons. The predicted molar refractivity (Wildman–Crippen MR) is 67.8 cm³/mol. The van der Waals surface area contributed by atoms with Crippen molar-refractivity contribution in [3.63, 3.8) is 0 Å². The second-order valence-electron chi connectivity index (χ2n) is 3.72. The number of alkyl halides is 3. The van der Waals surface area contributed by atoms with Crippen molar-refractivity contribution in [2.45, 2.75) is 18.6 Å². The van der Waals surface area contributed by atoms with Gasteiger partial charge in [-0.3, -0.25) is 4.79 Å². The lowest BCUT2D eigenvalue weighted by Crippen LogP contribution is -2.45. The van der Waals surface area contributed by atoms with Gasteiger partial charge in [0.25, 0.3) is 5.56 Å². The van der Waals surface area contributed by atoms with Crippen LogP contribution in [0.25, 0.3) is 0 Å². The van der Waals surface area contributed by atoms with Crippen LogP contribution in [0.2, 0.25) is 0 Å². The number of pyridine rings is 1. The van der Waals surface area contributed by atoms with Crippen LogP contribution in [0.5, 0.6) is 0 Å². The lowest BCUT2D eigenvalue weighted by molar-refractivity contribution is -0.147. The zero-order valence-electron chi connectivity index (χ0n) is 9.59. The lowest BCUT2D eigenvalue weighted by atomic mass is 10.1. The van der Waals surface area contributed by atoms with Crippen molar-refractivity contribution in [2.75, 3.05) is 11.9 Å². The molecule has 1 heterocycles. The van der Waals surface area contributed by atoms with Crippen molar-refractivity contribution in [2.24, 2.45) is 0 Å². The Labute approximate surface area is 110 Å². The van der Waals surface area contributed by atoms with Crippen LogP contribution in [0.1, 0.15) is 6.42 Å². The first-order chi connectivity index (χ1) is 8.27. The van der Waals surface area contributed by atoms with Crippen molar-refractivity contribution in [3.05, 3.63) is 39.7 Å². The molecule has 100 valence electrons. The molecule has 0 amide bonds. The molecule has 0 aliphatic carbocycles. The number of H-pyrrole nitrogens is 1. The molecule has 0 bridgehead atoms. The first-order valence-electron chi connectivity index (χ1n) is 5.06. The van der Waals surface area contributed by atoms with E-state index in [1.165, 1.54) is 25.4 Å². The number of hydrogen-bond acceptors (Lipinski definition) is 2. The largest absolute Gasteiger partial charge is 0.409 e. The van der Waals surface area contributed by atoms with Crippen LogP contribution in [0.3, 0.4) is 0 Å². The fraction of sp³-hybridized carbons (Fsp3) is 0.364. The number of aromatic amines is 1. The number of nitrogens with one attached hydrogen (secondary N) is 1. The summed E-state index contributed by atoms with van der Waals surface area (Å²) >= 11 is 3.10. The summed E-state index contributed by atoms with van der Waals surface area (Å²) in [5.41, 5.74) is -0.618. The van der Waals surface area contributed by atoms with Gasteiger partial charge in [0, 0.05) is 17.7 Å². The number of anilines is 1. The van der Waals surface area contributed by atoms with Gasteiger partial charge in [-0.25, -0.2) is 0 Å². The van der Waals surface area contributed by atoms with Crippen molar-refractivity contribution in [1.29, 1.82) is 0 Å². The van der Waals surface area contributed by atoms with E-state index >= 15 is 0 Å². The number of aromatic nitrogens is 1. The maximum absolute atomic E-state index is 12.9. The Kier molecular flexibility index (Phi) is 4.61. The Morgan fingerprint density at radius 2 is 2.22 bits per heavy atom. The van der Waals surface area contributed by atoms with Gasteiger partial charge in [0.2, 0.25) is 0 Å². The maximum atomic E-state index is 12.9. The summed E-state index contributed by atoms with van der Waals surface area (Å²) in [5, 5.41) is 0. The summed E-state index contributed by atoms with van der Waals surface area (Å²) in [4.78, 5) is 14.8. The third-order valence-electron chi connectivity index (χ3n) is 2.46. The highest BCUT2D eigenvalue weighted by Crippen LogP contribution is 2.29. The van der Waals surface area contributed by atoms with Gasteiger partial charge in [0.15, 0.2) is 0 Å². The van der Waals surface area contributed by atoms with E-state index in [2.05, 4.69) is 27.5 Å². The molecule has 0 saturated heterocycles. The molecule has 18 heavy (non-hydrogen) atoms. The van der Waals surface area contributed by atoms with Gasteiger partial charge >= 0.3 is 6.18 Å². The molecule has 0 fully saturated rings. The van der Waals surface area contributed by atoms with E-state index in [4.69, 9.17) is 0 Å². The Hall–Kier alpha value is -1.24. The van der Waals surface area contributed by atoms with E-state index in [1.807, 2.05) is 0 Å². The zero-order chi connectivity index (χ0) is 13.9. The monoisotopic (exact) mass is 324 g/mol. The summed E-state index contributed by atoms with van der Waals surface area (Å²) in [7, 11) is 1.23. The van der Waals surface area contributed by atoms with Gasteiger partial charge in [0.1, 0.15) is 11.7 Å². The van der Waals surface area contributed by atoms with Crippen LogP contribution in [0.4, 0.5) is 18.9 Å². The maximum Gasteiger partial charge on any atom is 0.409 e. The summed E-state index contributed by atoms with van der Waals surface area (Å²) < 4.78 is 39.1. The van der Waals surface area contributed by atoms with E-state index in [1.54, 1.807) is 0 Å². The van der Waals surface area contributed by atoms with Gasteiger partial charge in [-0.05, 0) is 28.4 Å². The minimum atomic E-state index is -4.43. The Bertz CT molecular complexity index is 484. The molecule has 1 aromatic heterocycles. The SMILES string of the molecule is C=CCC(N(C)c1cc(Br)c[nH]c1=O)C(F)(F)F. The Morgan fingerprint density at radius 3 is 2.72 bits per heavy atom. The zero-order valence-corrected chi connectivity index (χ0v) is 11.2. The molecule has 1 aromatic rings. The average Bonchev–Trinajstić information content (AvgIpc) is 2.27. The number of rotatable bonds is 4. The van der Waals surface area contributed by atoms with E-state index in [0.29, 0.717) is 4.47 Å². The van der Waals surface area contributed by atoms with Crippen molar-refractivity contribution in [1.82, 2.24) is 4.98 Å². The molecule has 1 N–H and O–H groups in total. The molecular formula is C11H12BrF3N2O. The van der Waals surface area contributed by atoms with Gasteiger partial charge in [0.05, 0.1) is 0 Å². The van der Waals surface area contributed by atoms with Crippen molar-refractivity contribution in [3.8, 4) is 0 Å². The van der Waals surface area contributed by atoms with Crippen LogP contribution in [0, 0.1) is 0 Å². The Balaban J connectivity index is 3.17. The van der Waals surface area contributed by atoms with Gasteiger partial charge in [-0.15, -0.1) is 6.58 Å². The number of hydrogen-bond donors (Lipinski definition) is 1. The molecule has 0 aromatic carbocycles. The third kappa shape index (κ3) is 3.38. The summed E-state index contributed by atoms with van der Waals surface area (Å²) in [5.74, 6) is 0. The number of halogens is 4. The molecule has 7 heteroatoms. The Morgan fingerprint density at radius 1 is 1.61 bits per heavy atom. The van der Waals surface area contributed by atoms with E-state index in [9.17, 15) is 18.0 Å². The quantitative estimate of drug-likeness (QED) is 0.864. The topological polar surface area (TPSA) is 36.1 Å². The molecule has 0 aliphatic heterocycles. The highest BCUT2D eigenvalue weighted by atomic mass is 79.9. The van der Waals surface area contributed by atoms with Crippen LogP contribution in [-0.4, -0.2) is 24.2 Å². The van der Waals surface area contributed by atoms with Crippen LogP contribution in [-0.2, 0) is 0 Å². The molecule has 0 aliphatic rings. The molecule has 3 nitrogen and oxygen atoms in total. The fourth-order valence-corrected chi connectivity index (χ4v) is 1.88. The molecule has 0 spiro atoms. The normalized spacial score (nSPS) is 13.2. The minimum absolute atomic E-state index is 0.0476. The van der Waals surface area contributed by atoms with Crippen LogP contribution in [0.15, 0.2) is 34.2 Å². The number of nitrogens with zero attached hydrogens (tertiary/aromatic N) is 1. The second-order valence-corrected chi connectivity index (χ2v) is 4.64. The summed E-state index contributed by atoms with van der Waals surface area (Å²) in [6.45, 7) is 3.31. The van der Waals surface area contributed by atoms with Crippen LogP contribution < -0.4 is 10.5 Å². The first-order valence-corrected chi connectivity index (χ1v) is 5.85. The standard InChI is InChI=1S/C11H12BrF3N2O/c1-3-4-9(11(13,14)15)17(2)8-5-7(12)6-16-10(8)18/h3,5-6,9H,1,4H2,2H3,(H,16,18). The summed E-state index contributed by atoms with van der Waals surface area (Å²) in [6.07, 6.45) is -2.17. The highest BCUT2D eigenvalue weighted by Gasteiger charge is 2.42. The van der Waals surface area contributed by atoms with Gasteiger partial charge < -0.3 is 9.88 Å². The molecule has 1 rings (SSSR count). The molecule has 1 unspecified atom stereocenters. The molecular weight excluding hydrogens is 313 g/mol. The first kappa shape index (κ1) is 14.8. The lowest BCUT2D eigenvalue weighted by Gasteiger charge is -2.30. The van der Waals surface area contributed by atoms with E-state index < -0.39 is 17.8 Å². The fourth-order valence-electron chi connectivity index (χ4n) is 1.55. The molecule has 0 saturated carbocycles. The van der Waals surface area contributed by atoms with E-state index in [0.717, 1.165) is 4.90 Å². The highest BCUT2D eigenvalue weighted by molar-refractivity contribution is 9.10. The van der Waals surface area contributed by atoms with Crippen molar-refractivity contribution >= 4 is 21.6 Å². The molecule has 1 atom stereocenters. The third-order valence-corrected chi connectivity index (χ3v) is 2.92. The van der Waals surface area contributed by atoms with Crippen LogP contribution >= 0.6 is 15.9 Å². The average molecular weight is 325 g/mol. The summed E-state index contributed by atoms with van der Waals surface area (Å²) in [6, 6.07) is -0.425. The predicted octanol–water partition coefficient (Wildman–Crippen LogP) is 3.08. The van der Waals surface area contributed by atoms with E-state index in [-0.39, 0.29) is 12.1 Å². The second kappa shape index (κ2) is 5.60. The smallest absolute Gasteiger partial charge is 0.358 e. The minimum Gasteiger partial charge on any atom is -0.358 e. The van der Waals surface area contributed by atoms with Crippen molar-refractivity contribution < 1.29 is 13.2 Å². The van der Waals surface area contributed by atoms with Gasteiger partial charge in [-0.2, -0.15) is 13.2 Å². The van der Waals surface area contributed by atoms with Gasteiger partial charge in [-0.1, -0.05) is 6.08 Å².